The smallest absolute Gasteiger partial charge is 0.236 e. The molecule has 0 aliphatic carbocycles. The van der Waals surface area contributed by atoms with Crippen LogP contribution in [-0.2, 0) is 20.8 Å². The molecule has 2 saturated heterocycles. The number of nitrogens with zero attached hydrogens (tertiary/aromatic N) is 3. The lowest BCUT2D eigenvalue weighted by molar-refractivity contribution is -0.145. The van der Waals surface area contributed by atoms with Crippen molar-refractivity contribution in [3.05, 3.63) is 24.2 Å². The topological polar surface area (TPSA) is 58.4 Å². The van der Waals surface area contributed by atoms with E-state index < -0.39 is 0 Å². The van der Waals surface area contributed by atoms with Gasteiger partial charge in [0.15, 0.2) is 0 Å². The van der Waals surface area contributed by atoms with Crippen LogP contribution in [0.5, 0.6) is 0 Å². The van der Waals surface area contributed by atoms with E-state index in [0.717, 1.165) is 26.2 Å². The van der Waals surface area contributed by atoms with Crippen LogP contribution in [0.15, 0.2) is 23.0 Å². The van der Waals surface area contributed by atoms with Gasteiger partial charge in [-0.15, -0.1) is 0 Å². The molecule has 2 fully saturated rings. The Kier molecular flexibility index (Phi) is 5.55. The van der Waals surface area contributed by atoms with Crippen molar-refractivity contribution < 1.29 is 18.7 Å². The van der Waals surface area contributed by atoms with Gasteiger partial charge in [0.05, 0.1) is 38.9 Å². The largest absolute Gasteiger partial charge is 0.472 e. The maximum absolute atomic E-state index is 12.1. The quantitative estimate of drug-likeness (QED) is 0.786. The van der Waals surface area contributed by atoms with Crippen molar-refractivity contribution in [3.63, 3.8) is 0 Å². The van der Waals surface area contributed by atoms with Gasteiger partial charge in [0.1, 0.15) is 5.60 Å². The molecule has 24 heavy (non-hydrogen) atoms. The van der Waals surface area contributed by atoms with Gasteiger partial charge < -0.3 is 18.8 Å². The Bertz CT molecular complexity index is 534. The number of rotatable bonds is 4. The van der Waals surface area contributed by atoms with Gasteiger partial charge in [0.2, 0.25) is 5.91 Å². The summed E-state index contributed by atoms with van der Waals surface area (Å²) in [5, 5.41) is 0. The van der Waals surface area contributed by atoms with E-state index in [4.69, 9.17) is 13.9 Å². The Hall–Kier alpha value is -1.41. The number of carbonyl (C=O) groups is 1. The van der Waals surface area contributed by atoms with Gasteiger partial charge in [-0.2, -0.15) is 0 Å². The molecule has 3 rings (SSSR count). The van der Waals surface area contributed by atoms with Crippen LogP contribution in [0, 0.1) is 0 Å². The van der Waals surface area contributed by atoms with Crippen molar-refractivity contribution in [1.29, 1.82) is 0 Å². The zero-order valence-electron chi connectivity index (χ0n) is 14.6. The molecule has 0 saturated carbocycles. The Morgan fingerprint density at radius 2 is 2.04 bits per heavy atom. The summed E-state index contributed by atoms with van der Waals surface area (Å²) in [7, 11) is 3.58. The van der Waals surface area contributed by atoms with Crippen LogP contribution in [0.1, 0.15) is 5.56 Å². The number of ether oxygens (including phenoxy) is 2. The molecule has 0 N–H and O–H groups in total. The number of carbonyl (C=O) groups excluding carboxylic acids is 1. The monoisotopic (exact) mass is 337 g/mol. The highest BCUT2D eigenvalue weighted by atomic mass is 16.5. The lowest BCUT2D eigenvalue weighted by Gasteiger charge is -2.43. The number of amides is 1. The molecular formula is C17H27N3O4. The van der Waals surface area contributed by atoms with Crippen LogP contribution in [0.3, 0.4) is 0 Å². The van der Waals surface area contributed by atoms with Crippen LogP contribution in [0.2, 0.25) is 0 Å². The maximum Gasteiger partial charge on any atom is 0.236 e. The summed E-state index contributed by atoms with van der Waals surface area (Å²) in [4.78, 5) is 18.2. The second-order valence-corrected chi connectivity index (χ2v) is 6.93. The van der Waals surface area contributed by atoms with E-state index in [1.165, 1.54) is 5.56 Å². The standard InChI is InChI=1S/C17H27N3O4/c1-18(2)16(21)10-20-4-7-23-14-17(13-20)12-19(5-8-24-17)9-15-3-6-22-11-15/h3,6,11H,4-5,7-10,12-14H2,1-2H3/t17-/m1/s1. The molecule has 134 valence electrons. The first kappa shape index (κ1) is 17.4. The number of likely N-dealkylation sites (N-methyl/N-ethyl adjacent to an activating group) is 1. The minimum Gasteiger partial charge on any atom is -0.472 e. The molecule has 1 aromatic heterocycles. The fourth-order valence-corrected chi connectivity index (χ4v) is 3.33. The Morgan fingerprint density at radius 3 is 2.79 bits per heavy atom. The third-order valence-electron chi connectivity index (χ3n) is 4.60. The highest BCUT2D eigenvalue weighted by molar-refractivity contribution is 5.77. The minimum atomic E-state index is -0.370. The summed E-state index contributed by atoms with van der Waals surface area (Å²) in [5.41, 5.74) is 0.798. The van der Waals surface area contributed by atoms with Crippen molar-refractivity contribution in [2.75, 3.05) is 66.6 Å². The Morgan fingerprint density at radius 1 is 1.25 bits per heavy atom. The van der Waals surface area contributed by atoms with Crippen molar-refractivity contribution in [2.45, 2.75) is 12.1 Å². The van der Waals surface area contributed by atoms with E-state index in [-0.39, 0.29) is 11.5 Å². The van der Waals surface area contributed by atoms with Crippen molar-refractivity contribution >= 4 is 5.91 Å². The Labute approximate surface area is 143 Å². The highest BCUT2D eigenvalue weighted by Crippen LogP contribution is 2.24. The number of hydrogen-bond donors (Lipinski definition) is 0. The molecule has 7 heteroatoms. The molecule has 2 aliphatic heterocycles. The van der Waals surface area contributed by atoms with Crippen molar-refractivity contribution in [3.8, 4) is 0 Å². The zero-order valence-corrected chi connectivity index (χ0v) is 14.6. The normalized spacial score (nSPS) is 26.4. The Balaban J connectivity index is 1.64. The summed E-state index contributed by atoms with van der Waals surface area (Å²) in [5.74, 6) is 0.109. The number of furan rings is 1. The van der Waals surface area contributed by atoms with E-state index in [2.05, 4.69) is 9.80 Å². The summed E-state index contributed by atoms with van der Waals surface area (Å²) in [6, 6.07) is 1.99. The van der Waals surface area contributed by atoms with Crippen LogP contribution < -0.4 is 0 Å². The SMILES string of the molecule is CN(C)C(=O)CN1CCOC[C@]2(C1)CN(Cc1ccoc1)CCO2. The van der Waals surface area contributed by atoms with Gasteiger partial charge in [-0.25, -0.2) is 0 Å². The second kappa shape index (κ2) is 7.65. The van der Waals surface area contributed by atoms with Crippen LogP contribution in [0.25, 0.3) is 0 Å². The predicted molar refractivity (Wildman–Crippen MR) is 88.6 cm³/mol. The van der Waals surface area contributed by atoms with Gasteiger partial charge in [0.25, 0.3) is 0 Å². The fraction of sp³-hybridized carbons (Fsp3) is 0.706. The molecule has 1 spiro atoms. The van der Waals surface area contributed by atoms with E-state index in [9.17, 15) is 4.79 Å². The molecule has 0 aromatic carbocycles. The molecule has 1 aromatic rings. The molecule has 1 atom stereocenters. The fourth-order valence-electron chi connectivity index (χ4n) is 3.33. The highest BCUT2D eigenvalue weighted by Gasteiger charge is 2.40. The van der Waals surface area contributed by atoms with Crippen molar-refractivity contribution in [2.24, 2.45) is 0 Å². The van der Waals surface area contributed by atoms with Gasteiger partial charge in [-0.3, -0.25) is 14.6 Å². The molecule has 3 heterocycles. The third-order valence-corrected chi connectivity index (χ3v) is 4.60. The van der Waals surface area contributed by atoms with Crippen molar-refractivity contribution in [1.82, 2.24) is 14.7 Å². The third kappa shape index (κ3) is 4.36. The summed E-state index contributed by atoms with van der Waals surface area (Å²) in [6.07, 6.45) is 3.49. The van der Waals surface area contributed by atoms with E-state index in [1.54, 1.807) is 31.5 Å². The minimum absolute atomic E-state index is 0.109. The average molecular weight is 337 g/mol. The first-order valence-electron chi connectivity index (χ1n) is 8.44. The van der Waals surface area contributed by atoms with E-state index in [0.29, 0.717) is 32.9 Å². The summed E-state index contributed by atoms with van der Waals surface area (Å²) < 4.78 is 17.1. The van der Waals surface area contributed by atoms with E-state index >= 15 is 0 Å². The van der Waals surface area contributed by atoms with Crippen LogP contribution in [-0.4, -0.2) is 92.8 Å². The van der Waals surface area contributed by atoms with Gasteiger partial charge in [-0.1, -0.05) is 0 Å². The van der Waals surface area contributed by atoms with Crippen LogP contribution >= 0.6 is 0 Å². The second-order valence-electron chi connectivity index (χ2n) is 6.93. The average Bonchev–Trinajstić information content (AvgIpc) is 2.97. The molecule has 1 amide bonds. The van der Waals surface area contributed by atoms with Gasteiger partial charge >= 0.3 is 0 Å². The lowest BCUT2D eigenvalue weighted by atomic mass is 10.0. The first-order chi connectivity index (χ1) is 11.6. The zero-order chi connectivity index (χ0) is 17.0. The summed E-state index contributed by atoms with van der Waals surface area (Å²) in [6.45, 7) is 6.29. The first-order valence-corrected chi connectivity index (χ1v) is 8.44. The molecule has 2 aliphatic rings. The number of morpholine rings is 1. The van der Waals surface area contributed by atoms with Gasteiger partial charge in [0, 0.05) is 52.4 Å². The molecule has 0 unspecified atom stereocenters. The van der Waals surface area contributed by atoms with Gasteiger partial charge in [-0.05, 0) is 6.07 Å². The number of hydrogen-bond acceptors (Lipinski definition) is 6. The molecule has 0 radical (unpaired) electrons. The maximum atomic E-state index is 12.1. The van der Waals surface area contributed by atoms with Crippen LogP contribution in [0.4, 0.5) is 0 Å². The van der Waals surface area contributed by atoms with E-state index in [1.807, 2.05) is 6.07 Å². The lowest BCUT2D eigenvalue weighted by Crippen LogP contribution is -2.59. The molecular weight excluding hydrogens is 310 g/mol. The summed E-state index contributed by atoms with van der Waals surface area (Å²) >= 11 is 0. The predicted octanol–water partition coefficient (Wildman–Crippen LogP) is 0.271. The molecule has 0 bridgehead atoms. The molecule has 7 nitrogen and oxygen atoms in total.